The maximum atomic E-state index is 12.3. The fourth-order valence-corrected chi connectivity index (χ4v) is 2.76. The predicted octanol–water partition coefficient (Wildman–Crippen LogP) is 1.42. The number of nitrogens with one attached hydrogen (secondary N) is 1. The minimum Gasteiger partial charge on any atom is -0.325 e. The SMILES string of the molecule is CC1CCN(C(=O)NC2(C#N)CCN(C)CC2)CC1. The van der Waals surface area contributed by atoms with Gasteiger partial charge in [0.1, 0.15) is 5.54 Å². The Morgan fingerprint density at radius 2 is 1.84 bits per heavy atom. The molecule has 0 aromatic rings. The summed E-state index contributed by atoms with van der Waals surface area (Å²) in [6.45, 7) is 5.58. The van der Waals surface area contributed by atoms with Gasteiger partial charge in [0, 0.05) is 26.2 Å². The summed E-state index contributed by atoms with van der Waals surface area (Å²) in [6.07, 6.45) is 3.57. The van der Waals surface area contributed by atoms with Crippen molar-refractivity contribution in [3.63, 3.8) is 0 Å². The molecule has 2 heterocycles. The van der Waals surface area contributed by atoms with E-state index in [1.165, 1.54) is 0 Å². The van der Waals surface area contributed by atoms with Crippen molar-refractivity contribution in [3.05, 3.63) is 0 Å². The van der Waals surface area contributed by atoms with Crippen LogP contribution in [0.1, 0.15) is 32.6 Å². The van der Waals surface area contributed by atoms with Gasteiger partial charge >= 0.3 is 6.03 Å². The molecule has 0 aromatic carbocycles. The number of carbonyl (C=O) groups excluding carboxylic acids is 1. The zero-order valence-electron chi connectivity index (χ0n) is 12.0. The van der Waals surface area contributed by atoms with Crippen LogP contribution in [0.25, 0.3) is 0 Å². The van der Waals surface area contributed by atoms with Gasteiger partial charge in [0.2, 0.25) is 0 Å². The highest BCUT2D eigenvalue weighted by atomic mass is 16.2. The van der Waals surface area contributed by atoms with Gasteiger partial charge in [-0.15, -0.1) is 0 Å². The van der Waals surface area contributed by atoms with Crippen molar-refractivity contribution in [1.82, 2.24) is 15.1 Å². The van der Waals surface area contributed by atoms with Crippen molar-refractivity contribution in [2.75, 3.05) is 33.2 Å². The normalized spacial score (nSPS) is 24.8. The molecule has 0 unspecified atom stereocenters. The lowest BCUT2D eigenvalue weighted by Crippen LogP contribution is -2.57. The number of urea groups is 1. The number of nitriles is 1. The van der Waals surface area contributed by atoms with E-state index in [0.717, 1.165) is 51.9 Å². The van der Waals surface area contributed by atoms with E-state index in [9.17, 15) is 10.1 Å². The summed E-state index contributed by atoms with van der Waals surface area (Å²) < 4.78 is 0. The summed E-state index contributed by atoms with van der Waals surface area (Å²) in [5.74, 6) is 0.706. The molecule has 0 saturated carbocycles. The molecule has 5 heteroatoms. The van der Waals surface area contributed by atoms with E-state index in [2.05, 4.69) is 30.3 Å². The maximum Gasteiger partial charge on any atom is 0.318 e. The molecular weight excluding hydrogens is 240 g/mol. The van der Waals surface area contributed by atoms with Crippen LogP contribution in [0.2, 0.25) is 0 Å². The zero-order chi connectivity index (χ0) is 13.9. The maximum absolute atomic E-state index is 12.3. The molecular formula is C14H24N4O. The van der Waals surface area contributed by atoms with Crippen LogP contribution in [0.5, 0.6) is 0 Å². The molecule has 0 radical (unpaired) electrons. The summed E-state index contributed by atoms with van der Waals surface area (Å²) in [5.41, 5.74) is -0.660. The van der Waals surface area contributed by atoms with Crippen LogP contribution in [0.15, 0.2) is 0 Å². The second-order valence-corrected chi connectivity index (χ2v) is 6.10. The number of likely N-dealkylation sites (tertiary alicyclic amines) is 2. The molecule has 19 heavy (non-hydrogen) atoms. The quantitative estimate of drug-likeness (QED) is 0.779. The van der Waals surface area contributed by atoms with E-state index in [1.54, 1.807) is 0 Å². The molecule has 0 spiro atoms. The van der Waals surface area contributed by atoms with Crippen molar-refractivity contribution < 1.29 is 4.79 Å². The van der Waals surface area contributed by atoms with Crippen LogP contribution in [0.4, 0.5) is 4.79 Å². The van der Waals surface area contributed by atoms with Crippen molar-refractivity contribution in [2.24, 2.45) is 5.92 Å². The lowest BCUT2D eigenvalue weighted by molar-refractivity contribution is 0.149. The minimum absolute atomic E-state index is 0.0574. The summed E-state index contributed by atoms with van der Waals surface area (Å²) in [5, 5.41) is 12.4. The Morgan fingerprint density at radius 3 is 2.37 bits per heavy atom. The van der Waals surface area contributed by atoms with E-state index < -0.39 is 5.54 Å². The van der Waals surface area contributed by atoms with Crippen LogP contribution < -0.4 is 5.32 Å². The first kappa shape index (κ1) is 14.1. The smallest absolute Gasteiger partial charge is 0.318 e. The average Bonchev–Trinajstić information content (AvgIpc) is 2.42. The highest BCUT2D eigenvalue weighted by Crippen LogP contribution is 2.22. The number of hydrogen-bond donors (Lipinski definition) is 1. The van der Waals surface area contributed by atoms with Crippen molar-refractivity contribution in [2.45, 2.75) is 38.1 Å². The van der Waals surface area contributed by atoms with Gasteiger partial charge in [-0.05, 0) is 38.6 Å². The Bertz CT molecular complexity index is 360. The van der Waals surface area contributed by atoms with Crippen LogP contribution in [-0.2, 0) is 0 Å². The fourth-order valence-electron chi connectivity index (χ4n) is 2.76. The van der Waals surface area contributed by atoms with Gasteiger partial charge in [0.15, 0.2) is 0 Å². The van der Waals surface area contributed by atoms with Crippen molar-refractivity contribution in [3.8, 4) is 6.07 Å². The van der Waals surface area contributed by atoms with Gasteiger partial charge in [0.25, 0.3) is 0 Å². The highest BCUT2D eigenvalue weighted by molar-refractivity contribution is 5.75. The largest absolute Gasteiger partial charge is 0.325 e. The van der Waals surface area contributed by atoms with E-state index in [4.69, 9.17) is 0 Å². The number of carbonyl (C=O) groups is 1. The Morgan fingerprint density at radius 1 is 1.26 bits per heavy atom. The summed E-state index contributed by atoms with van der Waals surface area (Å²) in [7, 11) is 2.05. The minimum atomic E-state index is -0.660. The Balaban J connectivity index is 1.91. The van der Waals surface area contributed by atoms with Crippen LogP contribution >= 0.6 is 0 Å². The third kappa shape index (κ3) is 3.38. The molecule has 5 nitrogen and oxygen atoms in total. The molecule has 2 fully saturated rings. The lowest BCUT2D eigenvalue weighted by atomic mass is 9.89. The van der Waals surface area contributed by atoms with Gasteiger partial charge in [0.05, 0.1) is 6.07 Å². The first-order chi connectivity index (χ1) is 9.04. The molecule has 2 aliphatic rings. The number of piperidine rings is 2. The number of hydrogen-bond acceptors (Lipinski definition) is 3. The molecule has 2 rings (SSSR count). The molecule has 2 aliphatic heterocycles. The van der Waals surface area contributed by atoms with E-state index >= 15 is 0 Å². The Kier molecular flexibility index (Phi) is 4.31. The Hall–Kier alpha value is -1.28. The van der Waals surface area contributed by atoms with Crippen molar-refractivity contribution >= 4 is 6.03 Å². The molecule has 1 N–H and O–H groups in total. The first-order valence-electron chi connectivity index (χ1n) is 7.21. The molecule has 0 bridgehead atoms. The summed E-state index contributed by atoms with van der Waals surface area (Å²) in [6, 6.07) is 2.27. The molecule has 106 valence electrons. The number of amides is 2. The number of rotatable bonds is 1. The lowest BCUT2D eigenvalue weighted by Gasteiger charge is -2.38. The van der Waals surface area contributed by atoms with Gasteiger partial charge in [-0.3, -0.25) is 0 Å². The van der Waals surface area contributed by atoms with Crippen LogP contribution in [0, 0.1) is 17.2 Å². The molecule has 0 aromatic heterocycles. The first-order valence-corrected chi connectivity index (χ1v) is 7.21. The van der Waals surface area contributed by atoms with E-state index in [0.29, 0.717) is 5.92 Å². The topological polar surface area (TPSA) is 59.4 Å². The Labute approximate surface area is 115 Å². The van der Waals surface area contributed by atoms with Crippen LogP contribution in [-0.4, -0.2) is 54.6 Å². The standard InChI is InChI=1S/C14H24N4O/c1-12-3-7-18(8-4-12)13(19)16-14(11-15)5-9-17(2)10-6-14/h12H,3-10H2,1-2H3,(H,16,19). The molecule has 2 saturated heterocycles. The van der Waals surface area contributed by atoms with Crippen molar-refractivity contribution in [1.29, 1.82) is 5.26 Å². The van der Waals surface area contributed by atoms with E-state index in [1.807, 2.05) is 4.90 Å². The van der Waals surface area contributed by atoms with Gasteiger partial charge < -0.3 is 15.1 Å². The van der Waals surface area contributed by atoms with Crippen LogP contribution in [0.3, 0.4) is 0 Å². The second kappa shape index (κ2) is 5.79. The highest BCUT2D eigenvalue weighted by Gasteiger charge is 2.36. The second-order valence-electron chi connectivity index (χ2n) is 6.10. The number of nitrogens with zero attached hydrogens (tertiary/aromatic N) is 3. The van der Waals surface area contributed by atoms with Gasteiger partial charge in [-0.2, -0.15) is 5.26 Å². The zero-order valence-corrected chi connectivity index (χ0v) is 12.0. The monoisotopic (exact) mass is 264 g/mol. The average molecular weight is 264 g/mol. The molecule has 2 amide bonds. The van der Waals surface area contributed by atoms with E-state index in [-0.39, 0.29) is 6.03 Å². The third-order valence-corrected chi connectivity index (χ3v) is 4.47. The predicted molar refractivity (Wildman–Crippen MR) is 73.6 cm³/mol. The summed E-state index contributed by atoms with van der Waals surface area (Å²) >= 11 is 0. The van der Waals surface area contributed by atoms with Gasteiger partial charge in [-0.25, -0.2) is 4.79 Å². The van der Waals surface area contributed by atoms with Gasteiger partial charge in [-0.1, -0.05) is 6.92 Å². The summed E-state index contributed by atoms with van der Waals surface area (Å²) in [4.78, 5) is 16.3. The molecule has 0 aliphatic carbocycles. The fraction of sp³-hybridized carbons (Fsp3) is 0.857. The molecule has 0 atom stereocenters. The third-order valence-electron chi connectivity index (χ3n) is 4.47.